The first-order chi connectivity index (χ1) is 12.5. The van der Waals surface area contributed by atoms with Gasteiger partial charge in [0.25, 0.3) is 17.7 Å². The van der Waals surface area contributed by atoms with Crippen molar-refractivity contribution in [2.75, 3.05) is 26.3 Å². The van der Waals surface area contributed by atoms with Gasteiger partial charge in [0.15, 0.2) is 6.29 Å². The number of aliphatic hydroxyl groups is 2. The molecule has 2 aromatic carbocycles. The first kappa shape index (κ1) is 17.7. The van der Waals surface area contributed by atoms with Crippen LogP contribution in [0.4, 0.5) is 0 Å². The number of hydrogen-bond donors (Lipinski definition) is 3. The van der Waals surface area contributed by atoms with Gasteiger partial charge in [-0.3, -0.25) is 24.1 Å². The molecule has 1 aliphatic rings. The molecule has 0 unspecified atom stereocenters. The van der Waals surface area contributed by atoms with Crippen LogP contribution in [0.1, 0.15) is 41.4 Å². The van der Waals surface area contributed by atoms with Gasteiger partial charge in [-0.05, 0) is 18.2 Å². The van der Waals surface area contributed by atoms with Crippen LogP contribution in [0.3, 0.4) is 0 Å². The van der Waals surface area contributed by atoms with Gasteiger partial charge in [0.1, 0.15) is 0 Å². The van der Waals surface area contributed by atoms with Crippen LogP contribution >= 0.6 is 0 Å². The quantitative estimate of drug-likeness (QED) is 0.493. The van der Waals surface area contributed by atoms with Gasteiger partial charge in [-0.15, -0.1) is 0 Å². The van der Waals surface area contributed by atoms with E-state index in [4.69, 9.17) is 10.2 Å². The maximum atomic E-state index is 12.6. The molecule has 0 atom stereocenters. The van der Waals surface area contributed by atoms with Crippen molar-refractivity contribution in [3.05, 3.63) is 46.5 Å². The molecule has 0 fully saturated rings. The Labute approximate surface area is 148 Å². The monoisotopic (exact) mass is 356 g/mol. The van der Waals surface area contributed by atoms with E-state index in [1.807, 2.05) is 0 Å². The Hall–Kier alpha value is -3.10. The lowest BCUT2D eigenvalue weighted by Gasteiger charge is -2.27. The molecule has 0 radical (unpaired) electrons. The molecule has 0 spiro atoms. The number of nitrogens with one attached hydrogen (secondary N) is 1. The number of hydrogen-bond acceptors (Lipinski definition) is 6. The van der Waals surface area contributed by atoms with Crippen molar-refractivity contribution in [3.63, 3.8) is 0 Å². The minimum absolute atomic E-state index is 0.0281. The Morgan fingerprint density at radius 3 is 2.23 bits per heavy atom. The minimum atomic E-state index is -0.591. The van der Waals surface area contributed by atoms with E-state index in [0.717, 1.165) is 4.90 Å². The van der Waals surface area contributed by atoms with Gasteiger partial charge in [0.2, 0.25) is 0 Å². The third-order valence-corrected chi connectivity index (χ3v) is 4.24. The summed E-state index contributed by atoms with van der Waals surface area (Å²) in [7, 11) is 0. The Kier molecular flexibility index (Phi) is 4.79. The van der Waals surface area contributed by atoms with Crippen molar-refractivity contribution < 1.29 is 29.4 Å². The number of aliphatic hydroxyl groups excluding tert-OH is 2. The van der Waals surface area contributed by atoms with Gasteiger partial charge in [0, 0.05) is 39.6 Å². The van der Waals surface area contributed by atoms with Gasteiger partial charge in [-0.1, -0.05) is 6.07 Å². The number of carbonyl (C=O) groups is 4. The highest BCUT2D eigenvalue weighted by molar-refractivity contribution is 6.29. The molecule has 3 rings (SSSR count). The SMILES string of the molecule is O=Cc1ccc2c3c(ccc(C(=O)NCCO)c13)C(=O)N(CCO)C2=O. The second-order valence-corrected chi connectivity index (χ2v) is 5.70. The summed E-state index contributed by atoms with van der Waals surface area (Å²) in [4.78, 5) is 50.1. The number of aldehydes is 1. The van der Waals surface area contributed by atoms with Crippen LogP contribution in [-0.2, 0) is 0 Å². The zero-order valence-corrected chi connectivity index (χ0v) is 13.7. The van der Waals surface area contributed by atoms with Crippen molar-refractivity contribution >= 4 is 34.8 Å². The third-order valence-electron chi connectivity index (χ3n) is 4.24. The first-order valence-corrected chi connectivity index (χ1v) is 7.96. The Morgan fingerprint density at radius 1 is 1.00 bits per heavy atom. The highest BCUT2D eigenvalue weighted by Gasteiger charge is 2.34. The predicted octanol–water partition coefficient (Wildman–Crippen LogP) is -0.0373. The smallest absolute Gasteiger partial charge is 0.261 e. The number of β-amino-alcohol motifs (C(OH)–C–C–N with tert-alkyl or cyclic N) is 1. The predicted molar refractivity (Wildman–Crippen MR) is 91.2 cm³/mol. The van der Waals surface area contributed by atoms with Crippen LogP contribution < -0.4 is 5.32 Å². The largest absolute Gasteiger partial charge is 0.395 e. The molecule has 0 aromatic heterocycles. The maximum absolute atomic E-state index is 12.6. The van der Waals surface area contributed by atoms with Gasteiger partial charge < -0.3 is 15.5 Å². The summed E-state index contributed by atoms with van der Waals surface area (Å²) in [6.07, 6.45) is 0.556. The Bertz CT molecular complexity index is 898. The lowest BCUT2D eigenvalue weighted by Crippen LogP contribution is -2.42. The highest BCUT2D eigenvalue weighted by Crippen LogP contribution is 2.34. The molecule has 2 aromatic rings. The average Bonchev–Trinajstić information content (AvgIpc) is 2.66. The highest BCUT2D eigenvalue weighted by atomic mass is 16.3. The zero-order chi connectivity index (χ0) is 18.8. The van der Waals surface area contributed by atoms with E-state index in [0.29, 0.717) is 6.29 Å². The normalized spacial score (nSPS) is 13.2. The molecule has 8 heteroatoms. The van der Waals surface area contributed by atoms with E-state index in [9.17, 15) is 19.2 Å². The van der Waals surface area contributed by atoms with E-state index in [2.05, 4.69) is 5.32 Å². The number of carbonyl (C=O) groups excluding carboxylic acids is 4. The molecule has 1 heterocycles. The molecule has 8 nitrogen and oxygen atoms in total. The standard InChI is InChI=1S/C18H16N2O6/c21-7-5-19-16(24)11-3-4-13-15-12(2-1-10(9-23)14(11)15)17(25)20(6-8-22)18(13)26/h1-4,9,21-22H,5-8H2,(H,19,24). The molecule has 0 aliphatic carbocycles. The number of amides is 3. The zero-order valence-electron chi connectivity index (χ0n) is 13.7. The van der Waals surface area contributed by atoms with E-state index in [1.54, 1.807) is 0 Å². The molecule has 3 amide bonds. The topological polar surface area (TPSA) is 124 Å². The van der Waals surface area contributed by atoms with E-state index in [-0.39, 0.29) is 59.3 Å². The molecular weight excluding hydrogens is 340 g/mol. The Morgan fingerprint density at radius 2 is 1.65 bits per heavy atom. The summed E-state index contributed by atoms with van der Waals surface area (Å²) >= 11 is 0. The molecule has 26 heavy (non-hydrogen) atoms. The van der Waals surface area contributed by atoms with Crippen LogP contribution in [0.15, 0.2) is 24.3 Å². The summed E-state index contributed by atoms with van der Waals surface area (Å²) in [5, 5.41) is 21.0. The molecule has 134 valence electrons. The number of imide groups is 1. The number of benzene rings is 2. The van der Waals surface area contributed by atoms with Crippen molar-refractivity contribution in [2.24, 2.45) is 0 Å². The molecule has 0 bridgehead atoms. The average molecular weight is 356 g/mol. The molecule has 0 saturated heterocycles. The van der Waals surface area contributed by atoms with Gasteiger partial charge in [0.05, 0.1) is 19.8 Å². The minimum Gasteiger partial charge on any atom is -0.395 e. The summed E-state index contributed by atoms with van der Waals surface area (Å²) in [6.45, 7) is -0.738. The van der Waals surface area contributed by atoms with Gasteiger partial charge in [-0.2, -0.15) is 0 Å². The Balaban J connectivity index is 2.30. The van der Waals surface area contributed by atoms with Crippen LogP contribution in [0.25, 0.3) is 10.8 Å². The summed E-state index contributed by atoms with van der Waals surface area (Å²) < 4.78 is 0. The maximum Gasteiger partial charge on any atom is 0.261 e. The second-order valence-electron chi connectivity index (χ2n) is 5.70. The van der Waals surface area contributed by atoms with Crippen molar-refractivity contribution in [1.29, 1.82) is 0 Å². The van der Waals surface area contributed by atoms with E-state index < -0.39 is 17.7 Å². The van der Waals surface area contributed by atoms with Crippen LogP contribution in [0, 0.1) is 0 Å². The molecular formula is C18H16N2O6. The fourth-order valence-corrected chi connectivity index (χ4v) is 3.12. The number of nitrogens with zero attached hydrogens (tertiary/aromatic N) is 1. The first-order valence-electron chi connectivity index (χ1n) is 7.96. The van der Waals surface area contributed by atoms with Crippen molar-refractivity contribution in [2.45, 2.75) is 0 Å². The van der Waals surface area contributed by atoms with Crippen LogP contribution in [0.5, 0.6) is 0 Å². The fraction of sp³-hybridized carbons (Fsp3) is 0.222. The molecule has 3 N–H and O–H groups in total. The lowest BCUT2D eigenvalue weighted by atomic mass is 9.88. The fourth-order valence-electron chi connectivity index (χ4n) is 3.12. The van der Waals surface area contributed by atoms with E-state index >= 15 is 0 Å². The third kappa shape index (κ3) is 2.65. The number of rotatable bonds is 6. The summed E-state index contributed by atoms with van der Waals surface area (Å²) in [5.74, 6) is -1.71. The molecule has 1 aliphatic heterocycles. The summed E-state index contributed by atoms with van der Waals surface area (Å²) in [6, 6.07) is 5.69. The summed E-state index contributed by atoms with van der Waals surface area (Å²) in [5.41, 5.74) is 0.684. The lowest BCUT2D eigenvalue weighted by molar-refractivity contribution is 0.0579. The van der Waals surface area contributed by atoms with Gasteiger partial charge >= 0.3 is 0 Å². The van der Waals surface area contributed by atoms with Gasteiger partial charge in [-0.25, -0.2) is 0 Å². The van der Waals surface area contributed by atoms with Crippen molar-refractivity contribution in [3.8, 4) is 0 Å². The van der Waals surface area contributed by atoms with Crippen LogP contribution in [0.2, 0.25) is 0 Å². The van der Waals surface area contributed by atoms with Crippen molar-refractivity contribution in [1.82, 2.24) is 10.2 Å². The van der Waals surface area contributed by atoms with Crippen LogP contribution in [-0.4, -0.2) is 65.4 Å². The van der Waals surface area contributed by atoms with E-state index in [1.165, 1.54) is 24.3 Å². The molecule has 0 saturated carbocycles. The second kappa shape index (κ2) is 7.03.